The Kier molecular flexibility index (Phi) is 4.12. The number of rotatable bonds is 1. The minimum Gasteiger partial charge on any atom is -0.380 e. The maximum Gasteiger partial charge on any atom is 0.255 e. The molecule has 3 nitrogen and oxygen atoms in total. The number of hydrogen-bond acceptors (Lipinski definition) is 2. The third-order valence-corrected chi connectivity index (χ3v) is 3.50. The number of carbonyl (C=O) groups is 1. The number of hydrogen-bond donors (Lipinski definition) is 0. The van der Waals surface area contributed by atoms with Gasteiger partial charge in [0.2, 0.25) is 0 Å². The van der Waals surface area contributed by atoms with Crippen LogP contribution in [-0.4, -0.2) is 37.1 Å². The maximum atomic E-state index is 13.3. The van der Waals surface area contributed by atoms with E-state index < -0.39 is 5.82 Å². The van der Waals surface area contributed by atoms with Gasteiger partial charge in [-0.2, -0.15) is 0 Å². The molecule has 0 spiro atoms. The molecule has 17 heavy (non-hydrogen) atoms. The Balaban J connectivity index is 2.20. The highest BCUT2D eigenvalue weighted by Gasteiger charge is 2.20. The fourth-order valence-electron chi connectivity index (χ4n) is 1.79. The molecule has 0 unspecified atom stereocenters. The molecule has 1 aromatic rings. The zero-order valence-corrected chi connectivity index (χ0v) is 10.9. The zero-order chi connectivity index (χ0) is 12.3. The summed E-state index contributed by atoms with van der Waals surface area (Å²) in [6.45, 7) is 2.43. The highest BCUT2D eigenvalue weighted by Crippen LogP contribution is 2.22. The first-order chi connectivity index (χ1) is 8.20. The first-order valence-corrected chi connectivity index (χ1v) is 6.30. The van der Waals surface area contributed by atoms with E-state index in [4.69, 9.17) is 4.74 Å². The summed E-state index contributed by atoms with van der Waals surface area (Å²) in [5.41, 5.74) is 0.368. The molecule has 1 aliphatic rings. The van der Waals surface area contributed by atoms with E-state index in [0.29, 0.717) is 31.9 Å². The van der Waals surface area contributed by atoms with Crippen molar-refractivity contribution in [3.8, 4) is 0 Å². The molecule has 0 bridgehead atoms. The predicted molar refractivity (Wildman–Crippen MR) is 65.4 cm³/mol. The first-order valence-electron chi connectivity index (χ1n) is 5.51. The van der Waals surface area contributed by atoms with Crippen LogP contribution < -0.4 is 0 Å². The largest absolute Gasteiger partial charge is 0.380 e. The lowest BCUT2D eigenvalue weighted by Gasteiger charge is -2.20. The third-order valence-electron chi connectivity index (χ3n) is 2.69. The van der Waals surface area contributed by atoms with Gasteiger partial charge < -0.3 is 9.64 Å². The Labute approximate surface area is 108 Å². The number of amides is 1. The van der Waals surface area contributed by atoms with Gasteiger partial charge in [0.1, 0.15) is 5.82 Å². The second-order valence-corrected chi connectivity index (χ2v) is 4.65. The summed E-state index contributed by atoms with van der Waals surface area (Å²) in [6.07, 6.45) is 0.818. The maximum absolute atomic E-state index is 13.3. The minimum atomic E-state index is -0.415. The van der Waals surface area contributed by atoms with E-state index in [1.54, 1.807) is 17.0 Å². The van der Waals surface area contributed by atoms with Gasteiger partial charge >= 0.3 is 0 Å². The Morgan fingerprint density at radius 3 is 3.00 bits per heavy atom. The zero-order valence-electron chi connectivity index (χ0n) is 9.29. The molecule has 1 heterocycles. The molecular formula is C12H13BrFNO2. The van der Waals surface area contributed by atoms with E-state index in [0.717, 1.165) is 6.42 Å². The molecule has 1 amide bonds. The van der Waals surface area contributed by atoms with Crippen molar-refractivity contribution in [1.29, 1.82) is 0 Å². The van der Waals surface area contributed by atoms with Gasteiger partial charge in [0.15, 0.2) is 0 Å². The van der Waals surface area contributed by atoms with Crippen LogP contribution in [0.25, 0.3) is 0 Å². The van der Waals surface area contributed by atoms with Gasteiger partial charge in [0.25, 0.3) is 5.91 Å². The lowest BCUT2D eigenvalue weighted by molar-refractivity contribution is 0.0740. The van der Waals surface area contributed by atoms with Crippen molar-refractivity contribution in [2.45, 2.75) is 6.42 Å². The average Bonchev–Trinajstić information content (AvgIpc) is 2.60. The van der Waals surface area contributed by atoms with Crippen LogP contribution in [0.2, 0.25) is 0 Å². The van der Waals surface area contributed by atoms with Crippen molar-refractivity contribution in [2.75, 3.05) is 26.3 Å². The molecule has 0 saturated carbocycles. The number of nitrogens with zero attached hydrogens (tertiary/aromatic N) is 1. The van der Waals surface area contributed by atoms with Crippen molar-refractivity contribution < 1.29 is 13.9 Å². The molecule has 1 aromatic carbocycles. The van der Waals surface area contributed by atoms with E-state index in [1.807, 2.05) is 0 Å². The normalized spacial score (nSPS) is 16.7. The Morgan fingerprint density at radius 2 is 2.18 bits per heavy atom. The van der Waals surface area contributed by atoms with Crippen LogP contribution >= 0.6 is 15.9 Å². The molecule has 0 N–H and O–H groups in total. The molecule has 1 saturated heterocycles. The molecule has 1 aliphatic heterocycles. The van der Waals surface area contributed by atoms with Gasteiger partial charge in [-0.25, -0.2) is 4.39 Å². The van der Waals surface area contributed by atoms with E-state index in [1.165, 1.54) is 6.07 Å². The van der Waals surface area contributed by atoms with Gasteiger partial charge in [-0.1, -0.05) is 6.07 Å². The quantitative estimate of drug-likeness (QED) is 0.797. The highest BCUT2D eigenvalue weighted by molar-refractivity contribution is 9.10. The SMILES string of the molecule is O=C(c1cccc(F)c1Br)N1CCCOCC1. The standard InChI is InChI=1S/C12H13BrFNO2/c13-11-9(3-1-4-10(11)14)12(16)15-5-2-7-17-8-6-15/h1,3-4H,2,5-8H2. The third kappa shape index (κ3) is 2.84. The van der Waals surface area contributed by atoms with Gasteiger partial charge in [0, 0.05) is 19.7 Å². The molecule has 2 rings (SSSR count). The van der Waals surface area contributed by atoms with Crippen LogP contribution in [0.15, 0.2) is 22.7 Å². The monoisotopic (exact) mass is 301 g/mol. The average molecular weight is 302 g/mol. The van der Waals surface area contributed by atoms with Crippen molar-refractivity contribution in [2.24, 2.45) is 0 Å². The molecule has 92 valence electrons. The summed E-state index contributed by atoms with van der Waals surface area (Å²) in [5.74, 6) is -0.566. The van der Waals surface area contributed by atoms with Gasteiger partial charge in [-0.05, 0) is 34.5 Å². The molecule has 0 aromatic heterocycles. The summed E-state index contributed by atoms with van der Waals surface area (Å²) in [7, 11) is 0. The lowest BCUT2D eigenvalue weighted by Crippen LogP contribution is -2.33. The fourth-order valence-corrected chi connectivity index (χ4v) is 2.22. The second-order valence-electron chi connectivity index (χ2n) is 3.86. The summed E-state index contributed by atoms with van der Waals surface area (Å²) in [5, 5.41) is 0. The number of benzene rings is 1. The molecule has 0 aliphatic carbocycles. The summed E-state index contributed by atoms with van der Waals surface area (Å²) in [6, 6.07) is 4.50. The van der Waals surface area contributed by atoms with Crippen molar-refractivity contribution in [1.82, 2.24) is 4.90 Å². The summed E-state index contributed by atoms with van der Waals surface area (Å²) in [4.78, 5) is 13.9. The second kappa shape index (κ2) is 5.60. The van der Waals surface area contributed by atoms with Crippen LogP contribution in [0.1, 0.15) is 16.8 Å². The summed E-state index contributed by atoms with van der Waals surface area (Å²) >= 11 is 3.11. The number of ether oxygens (including phenoxy) is 1. The van der Waals surface area contributed by atoms with E-state index >= 15 is 0 Å². The topological polar surface area (TPSA) is 29.5 Å². The fraction of sp³-hybridized carbons (Fsp3) is 0.417. The van der Waals surface area contributed by atoms with Crippen LogP contribution in [0, 0.1) is 5.82 Å². The summed E-state index contributed by atoms with van der Waals surface area (Å²) < 4.78 is 18.9. The first kappa shape index (κ1) is 12.5. The Morgan fingerprint density at radius 1 is 1.35 bits per heavy atom. The van der Waals surface area contributed by atoms with Crippen LogP contribution in [-0.2, 0) is 4.74 Å². The smallest absolute Gasteiger partial charge is 0.255 e. The van der Waals surface area contributed by atoms with Crippen molar-refractivity contribution in [3.63, 3.8) is 0 Å². The Bertz CT molecular complexity index is 417. The van der Waals surface area contributed by atoms with Crippen molar-refractivity contribution in [3.05, 3.63) is 34.1 Å². The number of carbonyl (C=O) groups excluding carboxylic acids is 1. The lowest BCUT2D eigenvalue weighted by atomic mass is 10.2. The van der Waals surface area contributed by atoms with Gasteiger partial charge in [-0.3, -0.25) is 4.79 Å². The van der Waals surface area contributed by atoms with E-state index in [2.05, 4.69) is 15.9 Å². The highest BCUT2D eigenvalue weighted by atomic mass is 79.9. The van der Waals surface area contributed by atoms with Crippen LogP contribution in [0.5, 0.6) is 0 Å². The molecule has 0 atom stereocenters. The predicted octanol–water partition coefficient (Wildman–Crippen LogP) is 2.45. The molecule has 0 radical (unpaired) electrons. The van der Waals surface area contributed by atoms with Crippen LogP contribution in [0.3, 0.4) is 0 Å². The molecular weight excluding hydrogens is 289 g/mol. The van der Waals surface area contributed by atoms with Crippen molar-refractivity contribution >= 4 is 21.8 Å². The van der Waals surface area contributed by atoms with Crippen LogP contribution in [0.4, 0.5) is 4.39 Å². The van der Waals surface area contributed by atoms with E-state index in [-0.39, 0.29) is 10.4 Å². The minimum absolute atomic E-state index is 0.151. The number of halogens is 2. The van der Waals surface area contributed by atoms with Gasteiger partial charge in [0.05, 0.1) is 16.6 Å². The van der Waals surface area contributed by atoms with E-state index in [9.17, 15) is 9.18 Å². The molecule has 5 heteroatoms. The van der Waals surface area contributed by atoms with Gasteiger partial charge in [-0.15, -0.1) is 0 Å². The Hall–Kier alpha value is -0.940. The molecule has 1 fully saturated rings.